The van der Waals surface area contributed by atoms with Crippen LogP contribution in [0.2, 0.25) is 5.02 Å². The van der Waals surface area contributed by atoms with Crippen molar-refractivity contribution in [1.29, 1.82) is 10.5 Å². The highest BCUT2D eigenvalue weighted by Gasteiger charge is 2.20. The van der Waals surface area contributed by atoms with E-state index in [0.717, 1.165) is 11.1 Å². The van der Waals surface area contributed by atoms with Gasteiger partial charge < -0.3 is 10.2 Å². The van der Waals surface area contributed by atoms with Crippen LogP contribution in [-0.4, -0.2) is 9.78 Å². The predicted octanol–water partition coefficient (Wildman–Crippen LogP) is 5.61. The van der Waals surface area contributed by atoms with Crippen molar-refractivity contribution in [2.24, 2.45) is 0 Å². The molecule has 150 valence electrons. The minimum absolute atomic E-state index is 0.133. The maximum absolute atomic E-state index is 9.75. The molecule has 0 saturated carbocycles. The molecule has 6 nitrogen and oxygen atoms in total. The lowest BCUT2D eigenvalue weighted by atomic mass is 10.1. The van der Waals surface area contributed by atoms with E-state index < -0.39 is 0 Å². The first kappa shape index (κ1) is 20.0. The van der Waals surface area contributed by atoms with Gasteiger partial charge in [-0.3, -0.25) is 0 Å². The molecule has 2 aromatic carbocycles. The van der Waals surface area contributed by atoms with Crippen LogP contribution in [0.25, 0.3) is 28.7 Å². The Morgan fingerprint density at radius 2 is 1.90 bits per heavy atom. The van der Waals surface area contributed by atoms with Gasteiger partial charge >= 0.3 is 0 Å². The molecule has 2 N–H and O–H groups in total. The second kappa shape index (κ2) is 8.23. The molecule has 0 aliphatic carbocycles. The number of furan rings is 1. The van der Waals surface area contributed by atoms with Gasteiger partial charge in [-0.2, -0.15) is 15.6 Å². The van der Waals surface area contributed by atoms with Gasteiger partial charge in [0.1, 0.15) is 40.7 Å². The Hall–Kier alpha value is -4.26. The van der Waals surface area contributed by atoms with Crippen molar-refractivity contribution < 1.29 is 4.42 Å². The third-order valence-corrected chi connectivity index (χ3v) is 5.19. The Morgan fingerprint density at radius 1 is 1.13 bits per heavy atom. The third kappa shape index (κ3) is 3.81. The average Bonchev–Trinajstić information content (AvgIpc) is 3.38. The van der Waals surface area contributed by atoms with Crippen LogP contribution in [-0.2, 0) is 0 Å². The topological polar surface area (TPSA) is 105 Å². The van der Waals surface area contributed by atoms with Gasteiger partial charge in [-0.05, 0) is 42.8 Å². The van der Waals surface area contributed by atoms with Crippen molar-refractivity contribution >= 4 is 29.1 Å². The van der Waals surface area contributed by atoms with Crippen LogP contribution in [0, 0.1) is 29.6 Å². The maximum atomic E-state index is 9.75. The van der Waals surface area contributed by atoms with E-state index in [2.05, 4.69) is 17.2 Å². The number of hydrogen-bond donors (Lipinski definition) is 1. The Kier molecular flexibility index (Phi) is 5.32. The molecule has 0 atom stereocenters. The summed E-state index contributed by atoms with van der Waals surface area (Å²) in [4.78, 5) is 0. The number of nitrogens with two attached hydrogens (primary N) is 1. The lowest BCUT2D eigenvalue weighted by Crippen LogP contribution is -2.02. The molecule has 0 aliphatic rings. The van der Waals surface area contributed by atoms with Gasteiger partial charge in [0.05, 0.1) is 11.3 Å². The van der Waals surface area contributed by atoms with Crippen LogP contribution in [0.5, 0.6) is 0 Å². The highest BCUT2D eigenvalue weighted by Crippen LogP contribution is 2.30. The van der Waals surface area contributed by atoms with Gasteiger partial charge in [0.2, 0.25) is 0 Å². The number of nitrogen functional groups attached to an aromatic ring is 1. The molecule has 2 heterocycles. The lowest BCUT2D eigenvalue weighted by molar-refractivity contribution is 0.572. The van der Waals surface area contributed by atoms with E-state index in [1.165, 1.54) is 10.8 Å². The number of aryl methyl sites for hydroxylation is 1. The van der Waals surface area contributed by atoms with Crippen LogP contribution < -0.4 is 5.73 Å². The normalized spacial score (nSPS) is 11.2. The fourth-order valence-electron chi connectivity index (χ4n) is 3.12. The SMILES string of the molecule is Cc1ccc(-c2ccc(C=C(C#N)c3nn(-c4ccccc4)c(N)c3C#N)o2)cc1Cl. The summed E-state index contributed by atoms with van der Waals surface area (Å²) in [7, 11) is 0. The number of para-hydroxylation sites is 1. The molecule has 0 unspecified atom stereocenters. The zero-order valence-corrected chi connectivity index (χ0v) is 17.3. The molecule has 0 aliphatic heterocycles. The first-order valence-corrected chi connectivity index (χ1v) is 9.72. The minimum atomic E-state index is 0.133. The van der Waals surface area contributed by atoms with Gasteiger partial charge in [0, 0.05) is 16.7 Å². The first-order valence-electron chi connectivity index (χ1n) is 9.34. The van der Waals surface area contributed by atoms with Gasteiger partial charge in [-0.15, -0.1) is 0 Å². The largest absolute Gasteiger partial charge is 0.457 e. The number of hydrogen-bond acceptors (Lipinski definition) is 5. The highest BCUT2D eigenvalue weighted by molar-refractivity contribution is 6.31. The molecular weight excluding hydrogens is 410 g/mol. The van der Waals surface area contributed by atoms with Crippen LogP contribution >= 0.6 is 11.6 Å². The van der Waals surface area contributed by atoms with Crippen molar-refractivity contribution in [1.82, 2.24) is 9.78 Å². The standard InChI is InChI=1S/C24H16ClN5O/c1-15-7-8-16(12-21(15)25)22-10-9-19(31-22)11-17(13-26)23-20(14-27)24(28)30(29-23)18-5-3-2-4-6-18/h2-12H,28H2,1H3. The second-order valence-electron chi connectivity index (χ2n) is 6.80. The molecule has 0 saturated heterocycles. The molecule has 0 fully saturated rings. The molecule has 7 heteroatoms. The van der Waals surface area contributed by atoms with Crippen LogP contribution in [0.3, 0.4) is 0 Å². The number of nitrogens with zero attached hydrogens (tertiary/aromatic N) is 4. The van der Waals surface area contributed by atoms with E-state index in [0.29, 0.717) is 22.2 Å². The molecule has 0 spiro atoms. The number of nitriles is 2. The number of anilines is 1. The van der Waals surface area contributed by atoms with E-state index in [4.69, 9.17) is 21.8 Å². The number of allylic oxidation sites excluding steroid dienone is 1. The Labute approximate surface area is 184 Å². The zero-order valence-electron chi connectivity index (χ0n) is 16.5. The van der Waals surface area contributed by atoms with Gasteiger partial charge in [0.25, 0.3) is 0 Å². The van der Waals surface area contributed by atoms with Crippen molar-refractivity contribution in [3.63, 3.8) is 0 Å². The average molecular weight is 426 g/mol. The van der Waals surface area contributed by atoms with E-state index in [-0.39, 0.29) is 22.6 Å². The fraction of sp³-hybridized carbons (Fsp3) is 0.0417. The molecule has 4 aromatic rings. The highest BCUT2D eigenvalue weighted by atomic mass is 35.5. The summed E-state index contributed by atoms with van der Waals surface area (Å²) in [6, 6.07) is 22.5. The maximum Gasteiger partial charge on any atom is 0.145 e. The van der Waals surface area contributed by atoms with Gasteiger partial charge in [-0.25, -0.2) is 4.68 Å². The Morgan fingerprint density at radius 3 is 2.58 bits per heavy atom. The summed E-state index contributed by atoms with van der Waals surface area (Å²) in [5.74, 6) is 1.22. The molecule has 4 rings (SSSR count). The van der Waals surface area contributed by atoms with Crippen molar-refractivity contribution in [3.8, 4) is 29.1 Å². The van der Waals surface area contributed by atoms with E-state index >= 15 is 0 Å². The number of aromatic nitrogens is 2. The minimum Gasteiger partial charge on any atom is -0.457 e. The second-order valence-corrected chi connectivity index (χ2v) is 7.21. The molecule has 0 radical (unpaired) electrons. The molecule has 0 bridgehead atoms. The van der Waals surface area contributed by atoms with Crippen LogP contribution in [0.1, 0.15) is 22.6 Å². The summed E-state index contributed by atoms with van der Waals surface area (Å²) >= 11 is 6.21. The first-order chi connectivity index (χ1) is 15.0. The van der Waals surface area contributed by atoms with E-state index in [9.17, 15) is 10.5 Å². The van der Waals surface area contributed by atoms with Crippen LogP contribution in [0.4, 0.5) is 5.82 Å². The van der Waals surface area contributed by atoms with Gasteiger partial charge in [-0.1, -0.05) is 41.9 Å². The smallest absolute Gasteiger partial charge is 0.145 e. The number of rotatable bonds is 4. The Bertz CT molecular complexity index is 1380. The summed E-state index contributed by atoms with van der Waals surface area (Å²) in [5, 5.41) is 24.4. The van der Waals surface area contributed by atoms with Gasteiger partial charge in [0.15, 0.2) is 0 Å². The van der Waals surface area contributed by atoms with E-state index in [1.54, 1.807) is 12.1 Å². The predicted molar refractivity (Wildman–Crippen MR) is 120 cm³/mol. The summed E-state index contributed by atoms with van der Waals surface area (Å²) in [6.45, 7) is 1.93. The molecule has 0 amide bonds. The fourth-order valence-corrected chi connectivity index (χ4v) is 3.30. The lowest BCUT2D eigenvalue weighted by Gasteiger charge is -2.02. The monoisotopic (exact) mass is 425 g/mol. The van der Waals surface area contributed by atoms with E-state index in [1.807, 2.05) is 55.5 Å². The summed E-state index contributed by atoms with van der Waals surface area (Å²) in [5.41, 5.74) is 9.13. The third-order valence-electron chi connectivity index (χ3n) is 4.78. The summed E-state index contributed by atoms with van der Waals surface area (Å²) in [6.07, 6.45) is 1.54. The quantitative estimate of drug-likeness (QED) is 0.427. The molecule has 2 aromatic heterocycles. The van der Waals surface area contributed by atoms with Crippen molar-refractivity contribution in [2.75, 3.05) is 5.73 Å². The molecule has 31 heavy (non-hydrogen) atoms. The van der Waals surface area contributed by atoms with Crippen molar-refractivity contribution in [2.45, 2.75) is 6.92 Å². The number of halogens is 1. The molecular formula is C24H16ClN5O. The van der Waals surface area contributed by atoms with Crippen molar-refractivity contribution in [3.05, 3.63) is 88.3 Å². The Balaban J connectivity index is 1.75. The van der Waals surface area contributed by atoms with Crippen LogP contribution in [0.15, 0.2) is 65.1 Å². The number of benzene rings is 2. The summed E-state index contributed by atoms with van der Waals surface area (Å²) < 4.78 is 7.32. The zero-order chi connectivity index (χ0) is 22.0.